The van der Waals surface area contributed by atoms with Gasteiger partial charge >= 0.3 is 0 Å². The number of rotatable bonds is 3. The van der Waals surface area contributed by atoms with E-state index in [4.69, 9.17) is 4.74 Å². The number of ketones is 1. The van der Waals surface area contributed by atoms with E-state index >= 15 is 0 Å². The standard InChI is InChI=1S/C21H22O5/c1-11(2)4-6-14-16(23)9-17(24)20-18(25)10-19(26-21(14)20)13-5-7-15(22)12(3)8-13/h4-5,7-9,19,22-24H,6,10H2,1-3H3. The summed E-state index contributed by atoms with van der Waals surface area (Å²) in [5, 5.41) is 30.1. The molecule has 0 radical (unpaired) electrons. The van der Waals surface area contributed by atoms with Gasteiger partial charge in [0.15, 0.2) is 5.78 Å². The maximum absolute atomic E-state index is 12.7. The van der Waals surface area contributed by atoms with Gasteiger partial charge in [-0.2, -0.15) is 0 Å². The summed E-state index contributed by atoms with van der Waals surface area (Å²) in [5.74, 6) is -0.210. The van der Waals surface area contributed by atoms with E-state index in [2.05, 4.69) is 0 Å². The zero-order valence-electron chi connectivity index (χ0n) is 15.0. The summed E-state index contributed by atoms with van der Waals surface area (Å²) >= 11 is 0. The van der Waals surface area contributed by atoms with Crippen LogP contribution in [-0.2, 0) is 6.42 Å². The molecule has 0 fully saturated rings. The fourth-order valence-electron chi connectivity index (χ4n) is 3.09. The number of phenolic OH excluding ortho intramolecular Hbond substituents is 3. The molecule has 0 spiro atoms. The number of hydrogen-bond acceptors (Lipinski definition) is 5. The van der Waals surface area contributed by atoms with E-state index in [1.807, 2.05) is 19.9 Å². The van der Waals surface area contributed by atoms with E-state index in [0.29, 0.717) is 17.5 Å². The lowest BCUT2D eigenvalue weighted by molar-refractivity contribution is 0.0842. The van der Waals surface area contributed by atoms with Gasteiger partial charge in [-0.15, -0.1) is 0 Å². The predicted octanol–water partition coefficient (Wildman–Crippen LogP) is 4.33. The SMILES string of the molecule is CC(C)=CCc1c(O)cc(O)c2c1OC(c1ccc(O)c(C)c1)CC2=O. The van der Waals surface area contributed by atoms with Gasteiger partial charge < -0.3 is 20.1 Å². The molecule has 1 atom stereocenters. The number of carbonyl (C=O) groups is 1. The molecule has 0 bridgehead atoms. The third-order valence-electron chi connectivity index (χ3n) is 4.56. The summed E-state index contributed by atoms with van der Waals surface area (Å²) in [7, 11) is 0. The molecule has 0 amide bonds. The summed E-state index contributed by atoms with van der Waals surface area (Å²) < 4.78 is 6.06. The molecule has 0 aromatic heterocycles. The van der Waals surface area contributed by atoms with Crippen molar-refractivity contribution in [2.45, 2.75) is 39.7 Å². The van der Waals surface area contributed by atoms with E-state index in [1.54, 1.807) is 25.1 Å². The average Bonchev–Trinajstić information content (AvgIpc) is 2.56. The van der Waals surface area contributed by atoms with Crippen molar-refractivity contribution >= 4 is 5.78 Å². The van der Waals surface area contributed by atoms with Gasteiger partial charge in [-0.3, -0.25) is 4.79 Å². The van der Waals surface area contributed by atoms with Gasteiger partial charge in [-0.1, -0.05) is 17.7 Å². The Kier molecular flexibility index (Phi) is 4.64. The topological polar surface area (TPSA) is 87.0 Å². The van der Waals surface area contributed by atoms with Crippen molar-refractivity contribution in [2.24, 2.45) is 0 Å². The van der Waals surface area contributed by atoms with Crippen LogP contribution in [-0.4, -0.2) is 21.1 Å². The van der Waals surface area contributed by atoms with Gasteiger partial charge in [0.25, 0.3) is 0 Å². The molecule has 3 N–H and O–H groups in total. The Balaban J connectivity index is 2.08. The number of phenols is 3. The first kappa shape index (κ1) is 17.9. The molecule has 5 nitrogen and oxygen atoms in total. The lowest BCUT2D eigenvalue weighted by atomic mass is 9.92. The number of fused-ring (bicyclic) bond motifs is 1. The van der Waals surface area contributed by atoms with E-state index in [1.165, 1.54) is 6.07 Å². The molecular formula is C21H22O5. The minimum atomic E-state index is -0.541. The van der Waals surface area contributed by atoms with Crippen LogP contribution in [0, 0.1) is 6.92 Å². The Hall–Kier alpha value is -2.95. The third-order valence-corrected chi connectivity index (χ3v) is 4.56. The molecule has 1 unspecified atom stereocenters. The Labute approximate surface area is 152 Å². The first-order valence-corrected chi connectivity index (χ1v) is 8.48. The maximum atomic E-state index is 12.7. The lowest BCUT2D eigenvalue weighted by Crippen LogP contribution is -2.21. The Bertz CT molecular complexity index is 907. The van der Waals surface area contributed by atoms with E-state index in [-0.39, 0.29) is 40.8 Å². The van der Waals surface area contributed by atoms with Crippen molar-refractivity contribution in [3.63, 3.8) is 0 Å². The molecular weight excluding hydrogens is 332 g/mol. The smallest absolute Gasteiger partial charge is 0.174 e. The van der Waals surface area contributed by atoms with Crippen molar-refractivity contribution in [1.29, 1.82) is 0 Å². The highest BCUT2D eigenvalue weighted by Crippen LogP contribution is 2.45. The van der Waals surface area contributed by atoms with E-state index in [0.717, 1.165) is 11.1 Å². The van der Waals surface area contributed by atoms with Crippen molar-refractivity contribution in [2.75, 3.05) is 0 Å². The van der Waals surface area contributed by atoms with Crippen molar-refractivity contribution in [3.8, 4) is 23.0 Å². The molecule has 0 aliphatic carbocycles. The van der Waals surface area contributed by atoms with Gasteiger partial charge in [0.1, 0.15) is 34.7 Å². The summed E-state index contributed by atoms with van der Waals surface area (Å²) in [6, 6.07) is 6.25. The summed E-state index contributed by atoms with van der Waals surface area (Å²) in [6.07, 6.45) is 1.86. The third kappa shape index (κ3) is 3.25. The monoisotopic (exact) mass is 354 g/mol. The molecule has 1 heterocycles. The predicted molar refractivity (Wildman–Crippen MR) is 98.1 cm³/mol. The molecule has 2 aromatic rings. The molecule has 2 aromatic carbocycles. The van der Waals surface area contributed by atoms with Crippen LogP contribution in [0.4, 0.5) is 0 Å². The lowest BCUT2D eigenvalue weighted by Gasteiger charge is -2.28. The van der Waals surface area contributed by atoms with Crippen molar-refractivity contribution in [1.82, 2.24) is 0 Å². The van der Waals surface area contributed by atoms with Crippen LogP contribution in [0.15, 0.2) is 35.9 Å². The summed E-state index contributed by atoms with van der Waals surface area (Å²) in [6.45, 7) is 5.66. The molecule has 5 heteroatoms. The molecule has 1 aliphatic rings. The Morgan fingerprint density at radius 2 is 1.88 bits per heavy atom. The molecule has 136 valence electrons. The molecule has 0 saturated heterocycles. The molecule has 0 saturated carbocycles. The number of aromatic hydroxyl groups is 3. The van der Waals surface area contributed by atoms with E-state index < -0.39 is 6.10 Å². The molecule has 26 heavy (non-hydrogen) atoms. The van der Waals surface area contributed by atoms with Crippen LogP contribution in [0.3, 0.4) is 0 Å². The van der Waals surface area contributed by atoms with Crippen molar-refractivity contribution in [3.05, 3.63) is 58.2 Å². The second-order valence-corrected chi connectivity index (χ2v) is 6.86. The Morgan fingerprint density at radius 1 is 1.15 bits per heavy atom. The second-order valence-electron chi connectivity index (χ2n) is 6.86. The highest BCUT2D eigenvalue weighted by molar-refractivity contribution is 6.03. The largest absolute Gasteiger partial charge is 0.508 e. The number of hydrogen-bond donors (Lipinski definition) is 3. The van der Waals surface area contributed by atoms with Gasteiger partial charge in [0, 0.05) is 11.6 Å². The number of aryl methyl sites for hydroxylation is 1. The number of carbonyl (C=O) groups excluding carboxylic acids is 1. The van der Waals surface area contributed by atoms with Crippen LogP contribution in [0.5, 0.6) is 23.0 Å². The minimum Gasteiger partial charge on any atom is -0.508 e. The van der Waals surface area contributed by atoms with Crippen LogP contribution >= 0.6 is 0 Å². The zero-order chi connectivity index (χ0) is 19.0. The second kappa shape index (κ2) is 6.75. The number of Topliss-reactive ketones (excluding diaryl/α,β-unsaturated/α-hetero) is 1. The first-order valence-electron chi connectivity index (χ1n) is 8.48. The normalized spacial score (nSPS) is 16.0. The maximum Gasteiger partial charge on any atom is 0.174 e. The van der Waals surface area contributed by atoms with Crippen LogP contribution in [0.1, 0.15) is 53.4 Å². The number of ether oxygens (including phenoxy) is 1. The fraction of sp³-hybridized carbons (Fsp3) is 0.286. The van der Waals surface area contributed by atoms with Gasteiger partial charge in [0.2, 0.25) is 0 Å². The highest BCUT2D eigenvalue weighted by atomic mass is 16.5. The summed E-state index contributed by atoms with van der Waals surface area (Å²) in [5.41, 5.74) is 3.11. The van der Waals surface area contributed by atoms with Gasteiger partial charge in [-0.25, -0.2) is 0 Å². The fourth-order valence-corrected chi connectivity index (χ4v) is 3.09. The molecule has 3 rings (SSSR count). The quantitative estimate of drug-likeness (QED) is 0.714. The van der Waals surface area contributed by atoms with Crippen LogP contribution in [0.25, 0.3) is 0 Å². The van der Waals surface area contributed by atoms with Crippen LogP contribution < -0.4 is 4.74 Å². The first-order chi connectivity index (χ1) is 12.3. The summed E-state index contributed by atoms with van der Waals surface area (Å²) in [4.78, 5) is 12.7. The minimum absolute atomic E-state index is 0.0810. The molecule has 1 aliphatic heterocycles. The number of allylic oxidation sites excluding steroid dienone is 2. The average molecular weight is 354 g/mol. The van der Waals surface area contributed by atoms with Crippen molar-refractivity contribution < 1.29 is 24.9 Å². The zero-order valence-corrected chi connectivity index (χ0v) is 15.0. The van der Waals surface area contributed by atoms with Gasteiger partial charge in [-0.05, 0) is 50.5 Å². The van der Waals surface area contributed by atoms with Crippen LogP contribution in [0.2, 0.25) is 0 Å². The Morgan fingerprint density at radius 3 is 2.54 bits per heavy atom. The van der Waals surface area contributed by atoms with E-state index in [9.17, 15) is 20.1 Å². The van der Waals surface area contributed by atoms with Gasteiger partial charge in [0.05, 0.1) is 6.42 Å². The number of benzene rings is 2. The highest BCUT2D eigenvalue weighted by Gasteiger charge is 2.33.